The molecule has 0 aromatic heterocycles. The number of amides is 1. The average Bonchev–Trinajstić information content (AvgIpc) is 3.37. The molecule has 5 heteroatoms. The van der Waals surface area contributed by atoms with Gasteiger partial charge in [0.05, 0.1) is 5.56 Å². The number of halogens is 2. The lowest BCUT2D eigenvalue weighted by atomic mass is 10.0. The van der Waals surface area contributed by atoms with Crippen molar-refractivity contribution in [3.8, 4) is 11.1 Å². The van der Waals surface area contributed by atoms with Gasteiger partial charge in [-0.25, -0.2) is 4.39 Å². The van der Waals surface area contributed by atoms with Crippen LogP contribution in [0.4, 0.5) is 4.39 Å². The molecule has 0 bridgehead atoms. The number of benzene rings is 2. The van der Waals surface area contributed by atoms with Crippen molar-refractivity contribution in [1.29, 1.82) is 0 Å². The standard InChI is InChI=1S/C18H18ClFN2O/c19-14-6-3-11(4-7-14)13-5-8-15(16(20)9-13)18(23)22-17(10-21)12-1-2-12/h3-9,12,17H,1-2,10,21H2,(H,22,23). The molecule has 3 rings (SSSR count). The van der Waals surface area contributed by atoms with Crippen LogP contribution in [-0.2, 0) is 0 Å². The molecule has 0 aliphatic heterocycles. The number of rotatable bonds is 5. The minimum absolute atomic E-state index is 0.0433. The highest BCUT2D eigenvalue weighted by Gasteiger charge is 2.31. The lowest BCUT2D eigenvalue weighted by molar-refractivity contribution is 0.0929. The molecule has 23 heavy (non-hydrogen) atoms. The van der Waals surface area contributed by atoms with Gasteiger partial charge in [-0.1, -0.05) is 29.8 Å². The number of hydrogen-bond acceptors (Lipinski definition) is 2. The summed E-state index contributed by atoms with van der Waals surface area (Å²) in [7, 11) is 0. The summed E-state index contributed by atoms with van der Waals surface area (Å²) in [6.07, 6.45) is 2.14. The molecule has 0 radical (unpaired) electrons. The fraction of sp³-hybridized carbons (Fsp3) is 0.278. The molecular weight excluding hydrogens is 315 g/mol. The molecular formula is C18H18ClFN2O. The van der Waals surface area contributed by atoms with Crippen molar-refractivity contribution >= 4 is 17.5 Å². The minimum atomic E-state index is -0.540. The summed E-state index contributed by atoms with van der Waals surface area (Å²) in [6.45, 7) is 0.376. The first-order valence-electron chi connectivity index (χ1n) is 7.65. The van der Waals surface area contributed by atoms with E-state index in [0.29, 0.717) is 23.0 Å². The number of carbonyl (C=O) groups is 1. The molecule has 1 aliphatic carbocycles. The molecule has 0 saturated heterocycles. The predicted octanol–water partition coefficient (Wildman–Crippen LogP) is 3.61. The molecule has 120 valence electrons. The van der Waals surface area contributed by atoms with Gasteiger partial charge in [0.25, 0.3) is 5.91 Å². The van der Waals surface area contributed by atoms with Gasteiger partial charge in [0.2, 0.25) is 0 Å². The molecule has 1 atom stereocenters. The van der Waals surface area contributed by atoms with Crippen LogP contribution in [0.1, 0.15) is 23.2 Å². The van der Waals surface area contributed by atoms with Crippen LogP contribution in [0, 0.1) is 11.7 Å². The zero-order valence-corrected chi connectivity index (χ0v) is 13.3. The maximum atomic E-state index is 14.3. The molecule has 1 fully saturated rings. The zero-order chi connectivity index (χ0) is 16.4. The fourth-order valence-electron chi connectivity index (χ4n) is 2.64. The summed E-state index contributed by atoms with van der Waals surface area (Å²) in [5.74, 6) is -0.519. The molecule has 1 unspecified atom stereocenters. The van der Waals surface area contributed by atoms with Gasteiger partial charge in [0, 0.05) is 17.6 Å². The summed E-state index contributed by atoms with van der Waals surface area (Å²) < 4.78 is 14.3. The summed E-state index contributed by atoms with van der Waals surface area (Å²) in [5.41, 5.74) is 7.26. The molecule has 1 aliphatic rings. The summed E-state index contributed by atoms with van der Waals surface area (Å²) >= 11 is 5.85. The third-order valence-electron chi connectivity index (χ3n) is 4.15. The van der Waals surface area contributed by atoms with E-state index in [1.165, 1.54) is 12.1 Å². The Balaban J connectivity index is 1.78. The Morgan fingerprint density at radius 1 is 1.22 bits per heavy atom. The van der Waals surface area contributed by atoms with Crippen molar-refractivity contribution in [1.82, 2.24) is 5.32 Å². The van der Waals surface area contributed by atoms with Gasteiger partial charge in [-0.15, -0.1) is 0 Å². The van der Waals surface area contributed by atoms with Crippen LogP contribution in [0.2, 0.25) is 5.02 Å². The monoisotopic (exact) mass is 332 g/mol. The van der Waals surface area contributed by atoms with Gasteiger partial charge >= 0.3 is 0 Å². The summed E-state index contributed by atoms with van der Waals surface area (Å²) in [4.78, 5) is 12.2. The van der Waals surface area contributed by atoms with Crippen LogP contribution in [0.5, 0.6) is 0 Å². The Morgan fingerprint density at radius 2 is 1.87 bits per heavy atom. The zero-order valence-electron chi connectivity index (χ0n) is 12.6. The van der Waals surface area contributed by atoms with Crippen molar-refractivity contribution in [3.63, 3.8) is 0 Å². The first-order chi connectivity index (χ1) is 11.1. The first-order valence-corrected chi connectivity index (χ1v) is 8.02. The van der Waals surface area contributed by atoms with E-state index < -0.39 is 11.7 Å². The van der Waals surface area contributed by atoms with E-state index in [1.54, 1.807) is 18.2 Å². The van der Waals surface area contributed by atoms with Crippen molar-refractivity contribution in [3.05, 3.63) is 58.9 Å². The second-order valence-corrected chi connectivity index (χ2v) is 6.29. The Kier molecular flexibility index (Phi) is 4.64. The molecule has 2 aromatic rings. The highest BCUT2D eigenvalue weighted by Crippen LogP contribution is 2.32. The Labute approximate surface area is 139 Å². The van der Waals surface area contributed by atoms with E-state index in [1.807, 2.05) is 12.1 Å². The highest BCUT2D eigenvalue weighted by atomic mass is 35.5. The molecule has 3 N–H and O–H groups in total. The maximum absolute atomic E-state index is 14.3. The average molecular weight is 333 g/mol. The molecule has 2 aromatic carbocycles. The smallest absolute Gasteiger partial charge is 0.254 e. The van der Waals surface area contributed by atoms with Crippen molar-refractivity contribution < 1.29 is 9.18 Å². The largest absolute Gasteiger partial charge is 0.348 e. The number of carbonyl (C=O) groups excluding carboxylic acids is 1. The quantitative estimate of drug-likeness (QED) is 0.878. The molecule has 0 heterocycles. The lowest BCUT2D eigenvalue weighted by Gasteiger charge is -2.16. The van der Waals surface area contributed by atoms with E-state index in [2.05, 4.69) is 5.32 Å². The third kappa shape index (κ3) is 3.71. The SMILES string of the molecule is NCC(NC(=O)c1ccc(-c2ccc(Cl)cc2)cc1F)C1CC1. The van der Waals surface area contributed by atoms with Gasteiger partial charge in [0.1, 0.15) is 5.82 Å². The minimum Gasteiger partial charge on any atom is -0.348 e. The topological polar surface area (TPSA) is 55.1 Å². The van der Waals surface area contributed by atoms with Crippen molar-refractivity contribution in [2.75, 3.05) is 6.54 Å². The summed E-state index contributed by atoms with van der Waals surface area (Å²) in [6, 6.07) is 11.7. The fourth-order valence-corrected chi connectivity index (χ4v) is 2.76. The van der Waals surface area contributed by atoms with Gasteiger partial charge in [0.15, 0.2) is 0 Å². The second-order valence-electron chi connectivity index (χ2n) is 5.85. The predicted molar refractivity (Wildman–Crippen MR) is 89.9 cm³/mol. The molecule has 1 amide bonds. The number of nitrogens with two attached hydrogens (primary N) is 1. The molecule has 1 saturated carbocycles. The number of nitrogens with one attached hydrogen (secondary N) is 1. The van der Waals surface area contributed by atoms with Crippen LogP contribution in [0.25, 0.3) is 11.1 Å². The van der Waals surface area contributed by atoms with Gasteiger partial charge in [-0.05, 0) is 54.2 Å². The van der Waals surface area contributed by atoms with Gasteiger partial charge in [-0.2, -0.15) is 0 Å². The second kappa shape index (κ2) is 6.69. The van der Waals surface area contributed by atoms with Crippen LogP contribution in [0.15, 0.2) is 42.5 Å². The van der Waals surface area contributed by atoms with E-state index in [9.17, 15) is 9.18 Å². The van der Waals surface area contributed by atoms with E-state index >= 15 is 0 Å². The third-order valence-corrected chi connectivity index (χ3v) is 4.40. The summed E-state index contributed by atoms with van der Waals surface area (Å²) in [5, 5.41) is 3.45. The van der Waals surface area contributed by atoms with Gasteiger partial charge < -0.3 is 11.1 Å². The van der Waals surface area contributed by atoms with E-state index in [4.69, 9.17) is 17.3 Å². The van der Waals surface area contributed by atoms with Crippen LogP contribution < -0.4 is 11.1 Å². The van der Waals surface area contributed by atoms with E-state index in [0.717, 1.165) is 18.4 Å². The number of hydrogen-bond donors (Lipinski definition) is 2. The molecule has 0 spiro atoms. The Morgan fingerprint density at radius 3 is 2.43 bits per heavy atom. The normalized spacial score (nSPS) is 15.3. The van der Waals surface area contributed by atoms with Crippen LogP contribution in [-0.4, -0.2) is 18.5 Å². The first kappa shape index (κ1) is 16.0. The highest BCUT2D eigenvalue weighted by molar-refractivity contribution is 6.30. The van der Waals surface area contributed by atoms with Crippen molar-refractivity contribution in [2.45, 2.75) is 18.9 Å². The lowest BCUT2D eigenvalue weighted by Crippen LogP contribution is -2.42. The van der Waals surface area contributed by atoms with Crippen LogP contribution in [0.3, 0.4) is 0 Å². The molecule has 3 nitrogen and oxygen atoms in total. The van der Waals surface area contributed by atoms with Crippen molar-refractivity contribution in [2.24, 2.45) is 11.7 Å². The Hall–Kier alpha value is -1.91. The maximum Gasteiger partial charge on any atom is 0.254 e. The van der Waals surface area contributed by atoms with E-state index in [-0.39, 0.29) is 11.6 Å². The van der Waals surface area contributed by atoms with Gasteiger partial charge in [-0.3, -0.25) is 4.79 Å². The van der Waals surface area contributed by atoms with Crippen LogP contribution >= 0.6 is 11.6 Å². The Bertz CT molecular complexity index is 713.